The average Bonchev–Trinajstić information content (AvgIpc) is 3.02. The highest BCUT2D eigenvalue weighted by Gasteiger charge is 2.17. The molecule has 2 rings (SSSR count). The van der Waals surface area contributed by atoms with E-state index in [9.17, 15) is 4.79 Å². The lowest BCUT2D eigenvalue weighted by molar-refractivity contribution is 0.247. The number of aryl methyl sites for hydroxylation is 2. The van der Waals surface area contributed by atoms with Crippen molar-refractivity contribution in [1.29, 1.82) is 0 Å². The van der Waals surface area contributed by atoms with Crippen molar-refractivity contribution in [2.75, 3.05) is 5.32 Å². The van der Waals surface area contributed by atoms with Crippen LogP contribution in [0.2, 0.25) is 0 Å². The normalized spacial score (nSPS) is 12.5. The predicted molar refractivity (Wildman–Crippen MR) is 85.7 cm³/mol. The first kappa shape index (κ1) is 16.1. The van der Waals surface area contributed by atoms with E-state index in [0.717, 1.165) is 17.8 Å². The minimum Gasteiger partial charge on any atom is -0.329 e. The van der Waals surface area contributed by atoms with Crippen LogP contribution in [-0.4, -0.2) is 25.6 Å². The lowest BCUT2D eigenvalue weighted by Crippen LogP contribution is -2.34. The Morgan fingerprint density at radius 3 is 2.68 bits per heavy atom. The first-order valence-corrected chi connectivity index (χ1v) is 7.54. The minimum absolute atomic E-state index is 0.0796. The first-order valence-electron chi connectivity index (χ1n) is 7.54. The molecule has 0 spiro atoms. The molecular formula is C15H24N6O. The van der Waals surface area contributed by atoms with E-state index in [1.807, 2.05) is 46.9 Å². The monoisotopic (exact) mass is 304 g/mol. The van der Waals surface area contributed by atoms with Crippen molar-refractivity contribution in [3.8, 4) is 0 Å². The Bertz CT molecular complexity index is 642. The van der Waals surface area contributed by atoms with Gasteiger partial charge in [0.15, 0.2) is 0 Å². The summed E-state index contributed by atoms with van der Waals surface area (Å²) in [5.41, 5.74) is 1.86. The Balaban J connectivity index is 2.08. The number of aromatic nitrogens is 4. The molecule has 2 N–H and O–H groups in total. The highest BCUT2D eigenvalue weighted by molar-refractivity contribution is 5.88. The Morgan fingerprint density at radius 1 is 1.41 bits per heavy atom. The van der Waals surface area contributed by atoms with E-state index in [4.69, 9.17) is 0 Å². The maximum Gasteiger partial charge on any atom is 0.320 e. The Kier molecular flexibility index (Phi) is 4.85. The molecule has 0 saturated heterocycles. The lowest BCUT2D eigenvalue weighted by atomic mass is 10.1. The molecule has 1 unspecified atom stereocenters. The number of nitrogens with one attached hydrogen (secondary N) is 2. The van der Waals surface area contributed by atoms with E-state index >= 15 is 0 Å². The van der Waals surface area contributed by atoms with Crippen LogP contribution in [-0.2, 0) is 7.05 Å². The fraction of sp³-hybridized carbons (Fsp3) is 0.533. The number of hydrogen-bond acceptors (Lipinski definition) is 3. The molecule has 2 amide bonds. The number of amides is 2. The summed E-state index contributed by atoms with van der Waals surface area (Å²) >= 11 is 0. The predicted octanol–water partition coefficient (Wildman–Crippen LogP) is 2.78. The van der Waals surface area contributed by atoms with Crippen LogP contribution in [0.15, 0.2) is 18.3 Å². The van der Waals surface area contributed by atoms with Gasteiger partial charge in [0.1, 0.15) is 5.82 Å². The highest BCUT2D eigenvalue weighted by atomic mass is 16.2. The van der Waals surface area contributed by atoms with Gasteiger partial charge in [-0.2, -0.15) is 10.2 Å². The second-order valence-corrected chi connectivity index (χ2v) is 5.65. The van der Waals surface area contributed by atoms with Gasteiger partial charge in [-0.05, 0) is 33.3 Å². The van der Waals surface area contributed by atoms with Crippen molar-refractivity contribution in [2.24, 2.45) is 7.05 Å². The zero-order valence-electron chi connectivity index (χ0n) is 13.8. The average molecular weight is 304 g/mol. The molecule has 0 radical (unpaired) electrons. The summed E-state index contributed by atoms with van der Waals surface area (Å²) in [6.45, 7) is 7.99. The molecule has 0 aliphatic rings. The van der Waals surface area contributed by atoms with Crippen LogP contribution in [0.4, 0.5) is 10.6 Å². The fourth-order valence-electron chi connectivity index (χ4n) is 2.43. The second kappa shape index (κ2) is 6.64. The van der Waals surface area contributed by atoms with Crippen molar-refractivity contribution in [2.45, 2.75) is 46.2 Å². The van der Waals surface area contributed by atoms with Crippen LogP contribution < -0.4 is 10.6 Å². The molecule has 2 aromatic heterocycles. The van der Waals surface area contributed by atoms with E-state index < -0.39 is 0 Å². The zero-order chi connectivity index (χ0) is 16.3. The number of anilines is 1. The van der Waals surface area contributed by atoms with Gasteiger partial charge in [-0.15, -0.1) is 0 Å². The molecule has 0 aliphatic heterocycles. The molecule has 120 valence electrons. The standard InChI is InChI=1S/C15H24N6O/c1-6-12(13-7-8-16-20(13)5)17-15(22)18-14-9-11(4)19-21(14)10(2)3/h7-10,12H,6H2,1-5H3,(H2,17,18,22). The third kappa shape index (κ3) is 3.47. The fourth-order valence-corrected chi connectivity index (χ4v) is 2.43. The maximum atomic E-state index is 12.3. The van der Waals surface area contributed by atoms with Gasteiger partial charge in [0.05, 0.1) is 17.4 Å². The summed E-state index contributed by atoms with van der Waals surface area (Å²) in [6.07, 6.45) is 2.52. The summed E-state index contributed by atoms with van der Waals surface area (Å²) in [5, 5.41) is 14.4. The van der Waals surface area contributed by atoms with Crippen LogP contribution in [0.25, 0.3) is 0 Å². The topological polar surface area (TPSA) is 76.8 Å². The second-order valence-electron chi connectivity index (χ2n) is 5.65. The minimum atomic E-state index is -0.241. The molecule has 2 aromatic rings. The van der Waals surface area contributed by atoms with Crippen LogP contribution in [0, 0.1) is 6.92 Å². The van der Waals surface area contributed by atoms with Gasteiger partial charge < -0.3 is 5.32 Å². The summed E-state index contributed by atoms with van der Waals surface area (Å²) in [6, 6.07) is 3.64. The van der Waals surface area contributed by atoms with Gasteiger partial charge in [0, 0.05) is 25.4 Å². The molecule has 0 aromatic carbocycles. The van der Waals surface area contributed by atoms with Crippen molar-refractivity contribution in [3.63, 3.8) is 0 Å². The van der Waals surface area contributed by atoms with Crippen LogP contribution >= 0.6 is 0 Å². The third-order valence-corrected chi connectivity index (χ3v) is 3.52. The van der Waals surface area contributed by atoms with Crippen LogP contribution in [0.3, 0.4) is 0 Å². The number of hydrogen-bond donors (Lipinski definition) is 2. The van der Waals surface area contributed by atoms with E-state index in [-0.39, 0.29) is 18.1 Å². The summed E-state index contributed by atoms with van der Waals surface area (Å²) in [4.78, 5) is 12.3. The van der Waals surface area contributed by atoms with Gasteiger partial charge >= 0.3 is 6.03 Å². The van der Waals surface area contributed by atoms with Gasteiger partial charge in [-0.1, -0.05) is 6.92 Å². The van der Waals surface area contributed by atoms with E-state index in [2.05, 4.69) is 20.8 Å². The number of carbonyl (C=O) groups is 1. The molecule has 7 heteroatoms. The van der Waals surface area contributed by atoms with Gasteiger partial charge in [-0.3, -0.25) is 10.00 Å². The molecule has 0 aliphatic carbocycles. The lowest BCUT2D eigenvalue weighted by Gasteiger charge is -2.18. The SMILES string of the molecule is CCC(NC(=O)Nc1cc(C)nn1C(C)C)c1ccnn1C. The molecule has 2 heterocycles. The van der Waals surface area contributed by atoms with Crippen molar-refractivity contribution < 1.29 is 4.79 Å². The third-order valence-electron chi connectivity index (χ3n) is 3.52. The molecule has 1 atom stereocenters. The first-order chi connectivity index (χ1) is 10.4. The van der Waals surface area contributed by atoms with E-state index in [1.54, 1.807) is 15.6 Å². The highest BCUT2D eigenvalue weighted by Crippen LogP contribution is 2.18. The zero-order valence-corrected chi connectivity index (χ0v) is 13.8. The Hall–Kier alpha value is -2.31. The Labute approximate surface area is 130 Å². The van der Waals surface area contributed by atoms with Gasteiger partial charge in [0.2, 0.25) is 0 Å². The van der Waals surface area contributed by atoms with Crippen molar-refractivity contribution >= 4 is 11.8 Å². The van der Waals surface area contributed by atoms with E-state index in [1.165, 1.54) is 0 Å². The summed E-state index contributed by atoms with van der Waals surface area (Å²) in [7, 11) is 1.87. The van der Waals surface area contributed by atoms with Gasteiger partial charge in [0.25, 0.3) is 0 Å². The maximum absolute atomic E-state index is 12.3. The number of rotatable bonds is 5. The molecule has 0 fully saturated rings. The molecule has 0 saturated carbocycles. The molecule has 22 heavy (non-hydrogen) atoms. The number of carbonyl (C=O) groups excluding carboxylic acids is 1. The van der Waals surface area contributed by atoms with Crippen LogP contribution in [0.1, 0.15) is 50.7 Å². The van der Waals surface area contributed by atoms with Gasteiger partial charge in [-0.25, -0.2) is 9.48 Å². The molecule has 7 nitrogen and oxygen atoms in total. The summed E-state index contributed by atoms with van der Waals surface area (Å²) in [5.74, 6) is 0.699. The summed E-state index contributed by atoms with van der Waals surface area (Å²) < 4.78 is 3.58. The Morgan fingerprint density at radius 2 is 2.14 bits per heavy atom. The van der Waals surface area contributed by atoms with Crippen molar-refractivity contribution in [3.05, 3.63) is 29.7 Å². The largest absolute Gasteiger partial charge is 0.329 e. The number of urea groups is 1. The number of nitrogens with zero attached hydrogens (tertiary/aromatic N) is 4. The smallest absolute Gasteiger partial charge is 0.320 e. The quantitative estimate of drug-likeness (QED) is 0.891. The van der Waals surface area contributed by atoms with Crippen LogP contribution in [0.5, 0.6) is 0 Å². The molecule has 0 bridgehead atoms. The van der Waals surface area contributed by atoms with E-state index in [0.29, 0.717) is 5.82 Å². The molecular weight excluding hydrogens is 280 g/mol. The van der Waals surface area contributed by atoms with Crippen molar-refractivity contribution in [1.82, 2.24) is 24.9 Å².